The molecular weight excluding hydrogens is 268 g/mol. The standard InChI is InChI=1S/C16H18N2O3/c1-17-16(21)18-8-10-2-5-11-12(19)6-3-9-4-7-13(20)15(10)14(9)11/h3-4,6-7,10,19-20H,2,5,8H2,1H3,(H2,17,18,21). The molecule has 4 N–H and O–H groups in total. The maximum Gasteiger partial charge on any atom is 0.314 e. The number of nitrogens with one attached hydrogen (secondary N) is 2. The molecule has 1 unspecified atom stereocenters. The number of hydrogen-bond acceptors (Lipinski definition) is 3. The zero-order chi connectivity index (χ0) is 15.0. The van der Waals surface area contributed by atoms with E-state index in [1.807, 2.05) is 12.1 Å². The number of phenolic OH excluding ortho intramolecular Hbond substituents is 2. The Morgan fingerprint density at radius 1 is 1.24 bits per heavy atom. The molecule has 0 bridgehead atoms. The van der Waals surface area contributed by atoms with Crippen molar-refractivity contribution in [2.45, 2.75) is 18.8 Å². The molecule has 5 heteroatoms. The Kier molecular flexibility index (Phi) is 3.33. The number of amides is 2. The molecule has 0 saturated carbocycles. The van der Waals surface area contributed by atoms with Gasteiger partial charge in [0.25, 0.3) is 0 Å². The van der Waals surface area contributed by atoms with E-state index in [1.54, 1.807) is 19.2 Å². The fourth-order valence-corrected chi connectivity index (χ4v) is 3.14. The van der Waals surface area contributed by atoms with Crippen molar-refractivity contribution in [1.82, 2.24) is 10.6 Å². The predicted molar refractivity (Wildman–Crippen MR) is 80.8 cm³/mol. The number of carbonyl (C=O) groups excluding carboxylic acids is 1. The second-order valence-corrected chi connectivity index (χ2v) is 5.36. The summed E-state index contributed by atoms with van der Waals surface area (Å²) in [6.45, 7) is 0.460. The van der Waals surface area contributed by atoms with Crippen LogP contribution in [0.1, 0.15) is 23.5 Å². The third kappa shape index (κ3) is 2.24. The van der Waals surface area contributed by atoms with Crippen molar-refractivity contribution in [2.75, 3.05) is 13.6 Å². The summed E-state index contributed by atoms with van der Waals surface area (Å²) in [6, 6.07) is 6.85. The summed E-state index contributed by atoms with van der Waals surface area (Å²) in [5.74, 6) is 0.533. The van der Waals surface area contributed by atoms with E-state index in [4.69, 9.17) is 0 Å². The molecule has 0 heterocycles. The molecule has 1 aliphatic carbocycles. The van der Waals surface area contributed by atoms with Crippen molar-refractivity contribution < 1.29 is 15.0 Å². The maximum atomic E-state index is 11.4. The van der Waals surface area contributed by atoms with Crippen molar-refractivity contribution in [3.63, 3.8) is 0 Å². The summed E-state index contributed by atoms with van der Waals surface area (Å²) in [6.07, 6.45) is 1.51. The van der Waals surface area contributed by atoms with Crippen LogP contribution < -0.4 is 10.6 Å². The van der Waals surface area contributed by atoms with Crippen LogP contribution in [-0.4, -0.2) is 29.8 Å². The van der Waals surface area contributed by atoms with Crippen LogP contribution >= 0.6 is 0 Å². The number of aromatic hydroxyl groups is 2. The molecule has 0 radical (unpaired) electrons. The van der Waals surface area contributed by atoms with E-state index in [1.165, 1.54) is 0 Å². The summed E-state index contributed by atoms with van der Waals surface area (Å²) in [5.41, 5.74) is 1.70. The molecule has 1 aliphatic rings. The van der Waals surface area contributed by atoms with Gasteiger partial charge in [0.1, 0.15) is 11.5 Å². The Morgan fingerprint density at radius 3 is 2.67 bits per heavy atom. The molecule has 5 nitrogen and oxygen atoms in total. The van der Waals surface area contributed by atoms with Crippen LogP contribution in [0.15, 0.2) is 24.3 Å². The maximum absolute atomic E-state index is 11.4. The Labute approximate surface area is 122 Å². The molecule has 0 fully saturated rings. The molecule has 2 aromatic rings. The van der Waals surface area contributed by atoms with E-state index in [9.17, 15) is 15.0 Å². The zero-order valence-electron chi connectivity index (χ0n) is 11.8. The van der Waals surface area contributed by atoms with E-state index < -0.39 is 0 Å². The first kappa shape index (κ1) is 13.5. The van der Waals surface area contributed by atoms with E-state index in [-0.39, 0.29) is 23.4 Å². The number of carbonyl (C=O) groups is 1. The predicted octanol–water partition coefficient (Wildman–Crippen LogP) is 2.21. The van der Waals surface area contributed by atoms with Gasteiger partial charge in [0.15, 0.2) is 0 Å². The van der Waals surface area contributed by atoms with Gasteiger partial charge in [0.2, 0.25) is 0 Å². The van der Waals surface area contributed by atoms with Crippen molar-refractivity contribution in [2.24, 2.45) is 0 Å². The molecule has 1 atom stereocenters. The number of urea groups is 1. The zero-order valence-corrected chi connectivity index (χ0v) is 11.8. The Hall–Kier alpha value is -2.43. The Bertz CT molecular complexity index is 707. The topological polar surface area (TPSA) is 81.6 Å². The van der Waals surface area contributed by atoms with E-state index in [2.05, 4.69) is 10.6 Å². The number of rotatable bonds is 2. The Balaban J connectivity index is 2.07. The summed E-state index contributed by atoms with van der Waals surface area (Å²) >= 11 is 0. The van der Waals surface area contributed by atoms with Gasteiger partial charge in [-0.2, -0.15) is 0 Å². The van der Waals surface area contributed by atoms with Gasteiger partial charge in [-0.25, -0.2) is 4.79 Å². The third-order valence-electron chi connectivity index (χ3n) is 4.17. The average molecular weight is 286 g/mol. The lowest BCUT2D eigenvalue weighted by Gasteiger charge is -2.27. The third-order valence-corrected chi connectivity index (χ3v) is 4.17. The lowest BCUT2D eigenvalue weighted by molar-refractivity contribution is 0.242. The number of benzene rings is 2. The van der Waals surface area contributed by atoms with E-state index >= 15 is 0 Å². The first-order valence-corrected chi connectivity index (χ1v) is 7.03. The molecule has 0 aromatic heterocycles. The summed E-state index contributed by atoms with van der Waals surface area (Å²) in [5, 5.41) is 27.5. The van der Waals surface area contributed by atoms with Crippen molar-refractivity contribution in [3.8, 4) is 11.5 Å². The monoisotopic (exact) mass is 286 g/mol. The first-order chi connectivity index (χ1) is 10.1. The molecule has 0 spiro atoms. The van der Waals surface area contributed by atoms with Crippen LogP contribution in [0.5, 0.6) is 11.5 Å². The number of aryl methyl sites for hydroxylation is 1. The molecule has 0 aliphatic heterocycles. The summed E-state index contributed by atoms with van der Waals surface area (Å²) in [7, 11) is 1.57. The first-order valence-electron chi connectivity index (χ1n) is 7.03. The summed E-state index contributed by atoms with van der Waals surface area (Å²) in [4.78, 5) is 11.4. The minimum absolute atomic E-state index is 0.0419. The van der Waals surface area contributed by atoms with Gasteiger partial charge in [0.05, 0.1) is 0 Å². The lowest BCUT2D eigenvalue weighted by Crippen LogP contribution is -2.36. The Morgan fingerprint density at radius 2 is 1.95 bits per heavy atom. The normalized spacial score (nSPS) is 16.7. The minimum atomic E-state index is -0.233. The highest BCUT2D eigenvalue weighted by Crippen LogP contribution is 2.44. The van der Waals surface area contributed by atoms with Crippen LogP contribution in [0.3, 0.4) is 0 Å². The molecule has 2 amide bonds. The van der Waals surface area contributed by atoms with Gasteiger partial charge in [-0.05, 0) is 35.7 Å². The average Bonchev–Trinajstić information content (AvgIpc) is 2.50. The second-order valence-electron chi connectivity index (χ2n) is 5.36. The fourth-order valence-electron chi connectivity index (χ4n) is 3.14. The minimum Gasteiger partial charge on any atom is -0.508 e. The van der Waals surface area contributed by atoms with Crippen LogP contribution in [0.2, 0.25) is 0 Å². The molecule has 3 rings (SSSR count). The molecule has 21 heavy (non-hydrogen) atoms. The van der Waals surface area contributed by atoms with Crippen molar-refractivity contribution in [3.05, 3.63) is 35.4 Å². The van der Waals surface area contributed by atoms with Gasteiger partial charge in [0, 0.05) is 30.6 Å². The van der Waals surface area contributed by atoms with Gasteiger partial charge in [-0.15, -0.1) is 0 Å². The van der Waals surface area contributed by atoms with Crippen molar-refractivity contribution >= 4 is 16.8 Å². The van der Waals surface area contributed by atoms with Gasteiger partial charge in [-0.1, -0.05) is 12.1 Å². The smallest absolute Gasteiger partial charge is 0.314 e. The van der Waals surface area contributed by atoms with Crippen LogP contribution in [0.25, 0.3) is 10.8 Å². The molecular formula is C16H18N2O3. The fraction of sp³-hybridized carbons (Fsp3) is 0.312. The van der Waals surface area contributed by atoms with Crippen LogP contribution in [0, 0.1) is 0 Å². The van der Waals surface area contributed by atoms with Crippen LogP contribution in [0.4, 0.5) is 4.79 Å². The van der Waals surface area contributed by atoms with Crippen molar-refractivity contribution in [1.29, 1.82) is 0 Å². The van der Waals surface area contributed by atoms with Gasteiger partial charge < -0.3 is 20.8 Å². The van der Waals surface area contributed by atoms with E-state index in [0.717, 1.165) is 34.7 Å². The summed E-state index contributed by atoms with van der Waals surface area (Å²) < 4.78 is 0. The molecule has 0 saturated heterocycles. The highest BCUT2D eigenvalue weighted by atomic mass is 16.3. The quantitative estimate of drug-likeness (QED) is 0.683. The van der Waals surface area contributed by atoms with E-state index in [0.29, 0.717) is 6.54 Å². The SMILES string of the molecule is CNC(=O)NCC1CCc2c(O)ccc3ccc(O)c1c23. The van der Waals surface area contributed by atoms with Gasteiger partial charge >= 0.3 is 6.03 Å². The molecule has 2 aromatic carbocycles. The lowest BCUT2D eigenvalue weighted by atomic mass is 9.80. The molecule has 110 valence electrons. The van der Waals surface area contributed by atoms with Gasteiger partial charge in [-0.3, -0.25) is 0 Å². The number of hydrogen-bond donors (Lipinski definition) is 4. The second kappa shape index (κ2) is 5.16. The highest BCUT2D eigenvalue weighted by molar-refractivity contribution is 5.93. The van der Waals surface area contributed by atoms with Crippen LogP contribution in [-0.2, 0) is 6.42 Å². The highest BCUT2D eigenvalue weighted by Gasteiger charge is 2.26. The number of phenols is 2. The largest absolute Gasteiger partial charge is 0.508 e.